The molecule has 2 saturated heterocycles. The third-order valence-electron chi connectivity index (χ3n) is 2.39. The lowest BCUT2D eigenvalue weighted by atomic mass is 10.1. The van der Waals surface area contributed by atoms with Gasteiger partial charge in [-0.15, -0.1) is 0 Å². The number of carbonyl (C=O) groups is 1. The average Bonchev–Trinajstić information content (AvgIpc) is 2.37. The third-order valence-corrected chi connectivity index (χ3v) is 2.39. The number of carbonyl (C=O) groups excluding carboxylic acids is 1. The maximum Gasteiger partial charge on any atom is 0.257 e. The summed E-state index contributed by atoms with van der Waals surface area (Å²) in [5, 5.41) is 0. The fraction of sp³-hybridized carbons (Fsp3) is 0.857. The second-order valence-electron chi connectivity index (χ2n) is 3.18. The summed E-state index contributed by atoms with van der Waals surface area (Å²) in [6, 6.07) is -0.160. The average molecular weight is 161 g/mol. The van der Waals surface area contributed by atoms with E-state index in [1.165, 1.54) is 4.90 Å². The van der Waals surface area contributed by atoms with Crippen LogP contribution in [0.15, 0.2) is 0 Å². The van der Waals surface area contributed by atoms with E-state index < -0.39 is 18.3 Å². The summed E-state index contributed by atoms with van der Waals surface area (Å²) >= 11 is 0. The van der Waals surface area contributed by atoms with Crippen LogP contribution in [-0.4, -0.2) is 35.7 Å². The van der Waals surface area contributed by atoms with Gasteiger partial charge in [0.1, 0.15) is 6.17 Å². The molecule has 2 aliphatic heterocycles. The van der Waals surface area contributed by atoms with Gasteiger partial charge in [-0.2, -0.15) is 0 Å². The van der Waals surface area contributed by atoms with Crippen LogP contribution in [0.2, 0.25) is 0 Å². The molecule has 0 aromatic rings. The highest BCUT2D eigenvalue weighted by molar-refractivity contribution is 5.83. The van der Waals surface area contributed by atoms with Crippen LogP contribution in [0.3, 0.4) is 0 Å². The molecule has 4 heteroatoms. The molecule has 0 saturated carbocycles. The zero-order valence-corrected chi connectivity index (χ0v) is 5.96. The van der Waals surface area contributed by atoms with E-state index in [0.29, 0.717) is 6.42 Å². The molecule has 0 N–H and O–H groups in total. The number of halogens is 2. The predicted molar refractivity (Wildman–Crippen MR) is 34.5 cm³/mol. The first-order valence-electron chi connectivity index (χ1n) is 3.77. The van der Waals surface area contributed by atoms with E-state index in [-0.39, 0.29) is 19.0 Å². The zero-order valence-electron chi connectivity index (χ0n) is 5.96. The van der Waals surface area contributed by atoms with Crippen molar-refractivity contribution in [1.29, 1.82) is 0 Å². The van der Waals surface area contributed by atoms with Crippen molar-refractivity contribution < 1.29 is 13.6 Å². The van der Waals surface area contributed by atoms with Crippen molar-refractivity contribution in [3.8, 4) is 0 Å². The number of amides is 1. The van der Waals surface area contributed by atoms with Crippen LogP contribution < -0.4 is 0 Å². The molecule has 2 rings (SSSR count). The standard InChI is InChI=1S/C7H9F2NO/c8-4-1-5-2-6(9)7(11)10(5)3-4/h4-6H,1-3H2. The second-order valence-corrected chi connectivity index (χ2v) is 3.18. The van der Waals surface area contributed by atoms with Crippen LogP contribution in [-0.2, 0) is 4.79 Å². The molecule has 2 fully saturated rings. The molecule has 2 nitrogen and oxygen atoms in total. The normalized spacial score (nSPS) is 43.3. The van der Waals surface area contributed by atoms with Gasteiger partial charge < -0.3 is 4.90 Å². The smallest absolute Gasteiger partial charge is 0.257 e. The van der Waals surface area contributed by atoms with Gasteiger partial charge in [0.15, 0.2) is 6.17 Å². The quantitative estimate of drug-likeness (QED) is 0.511. The van der Waals surface area contributed by atoms with E-state index in [0.717, 1.165) is 0 Å². The maximum atomic E-state index is 12.7. The number of rotatable bonds is 0. The second kappa shape index (κ2) is 2.16. The van der Waals surface area contributed by atoms with Gasteiger partial charge in [0.05, 0.1) is 6.54 Å². The molecule has 2 heterocycles. The minimum atomic E-state index is -1.37. The lowest BCUT2D eigenvalue weighted by Crippen LogP contribution is -2.30. The van der Waals surface area contributed by atoms with Crippen molar-refractivity contribution >= 4 is 5.91 Å². The van der Waals surface area contributed by atoms with Crippen molar-refractivity contribution in [2.24, 2.45) is 0 Å². The van der Waals surface area contributed by atoms with Gasteiger partial charge in [-0.05, 0) is 0 Å². The van der Waals surface area contributed by atoms with Gasteiger partial charge in [-0.1, -0.05) is 0 Å². The molecule has 0 aliphatic carbocycles. The Morgan fingerprint density at radius 2 is 2.09 bits per heavy atom. The number of nitrogens with zero attached hydrogens (tertiary/aromatic N) is 1. The summed E-state index contributed by atoms with van der Waals surface area (Å²) in [6.45, 7) is 0.101. The van der Waals surface area contributed by atoms with Crippen molar-refractivity contribution in [3.63, 3.8) is 0 Å². The predicted octanol–water partition coefficient (Wildman–Crippen LogP) is 0.667. The topological polar surface area (TPSA) is 20.3 Å². The van der Waals surface area contributed by atoms with Crippen LogP contribution in [0.4, 0.5) is 8.78 Å². The van der Waals surface area contributed by atoms with Crippen LogP contribution in [0, 0.1) is 0 Å². The minimum Gasteiger partial charge on any atom is -0.334 e. The highest BCUT2D eigenvalue weighted by Crippen LogP contribution is 2.31. The molecule has 0 radical (unpaired) electrons. The van der Waals surface area contributed by atoms with Crippen LogP contribution in [0.25, 0.3) is 0 Å². The Kier molecular flexibility index (Phi) is 1.37. The van der Waals surface area contributed by atoms with Crippen LogP contribution in [0.1, 0.15) is 12.8 Å². The number of hydrogen-bond acceptors (Lipinski definition) is 1. The SMILES string of the molecule is O=C1C(F)CC2CC(F)CN12. The lowest BCUT2D eigenvalue weighted by Gasteiger charge is -2.12. The molecule has 1 amide bonds. The first-order valence-corrected chi connectivity index (χ1v) is 3.77. The van der Waals surface area contributed by atoms with E-state index in [2.05, 4.69) is 0 Å². The van der Waals surface area contributed by atoms with Gasteiger partial charge in [0.2, 0.25) is 0 Å². The molecule has 2 aliphatic rings. The molecular weight excluding hydrogens is 152 g/mol. The fourth-order valence-electron chi connectivity index (χ4n) is 1.87. The zero-order chi connectivity index (χ0) is 8.01. The Balaban J connectivity index is 2.13. The Labute approximate surface area is 63.2 Å². The van der Waals surface area contributed by atoms with Crippen molar-refractivity contribution in [2.45, 2.75) is 31.2 Å². The largest absolute Gasteiger partial charge is 0.334 e. The summed E-state index contributed by atoms with van der Waals surface area (Å²) in [5.74, 6) is -0.518. The minimum absolute atomic E-state index is 0.101. The van der Waals surface area contributed by atoms with Gasteiger partial charge in [-0.3, -0.25) is 4.79 Å². The highest BCUT2D eigenvalue weighted by atomic mass is 19.1. The summed E-state index contributed by atoms with van der Waals surface area (Å²) in [7, 11) is 0. The Hall–Kier alpha value is -0.670. The monoisotopic (exact) mass is 161 g/mol. The summed E-state index contributed by atoms with van der Waals surface area (Å²) < 4.78 is 25.3. The number of hydrogen-bond donors (Lipinski definition) is 0. The van der Waals surface area contributed by atoms with Crippen molar-refractivity contribution in [1.82, 2.24) is 4.90 Å². The third kappa shape index (κ3) is 0.921. The molecule has 62 valence electrons. The lowest BCUT2D eigenvalue weighted by molar-refractivity contribution is -0.132. The first-order chi connectivity index (χ1) is 5.18. The van der Waals surface area contributed by atoms with Crippen molar-refractivity contribution in [3.05, 3.63) is 0 Å². The molecule has 3 atom stereocenters. The Morgan fingerprint density at radius 3 is 2.73 bits per heavy atom. The van der Waals surface area contributed by atoms with Gasteiger partial charge in [0, 0.05) is 18.9 Å². The first kappa shape index (κ1) is 7.00. The highest BCUT2D eigenvalue weighted by Gasteiger charge is 2.45. The van der Waals surface area contributed by atoms with Crippen molar-refractivity contribution in [2.75, 3.05) is 6.54 Å². The van der Waals surface area contributed by atoms with Gasteiger partial charge >= 0.3 is 0 Å². The summed E-state index contributed by atoms with van der Waals surface area (Å²) in [6.07, 6.45) is -1.78. The molecule has 0 bridgehead atoms. The van der Waals surface area contributed by atoms with Crippen LogP contribution in [0.5, 0.6) is 0 Å². The maximum absolute atomic E-state index is 12.7. The molecular formula is C7H9F2NO. The molecule has 0 aromatic heterocycles. The van der Waals surface area contributed by atoms with E-state index in [1.54, 1.807) is 0 Å². The summed E-state index contributed by atoms with van der Waals surface area (Å²) in [4.78, 5) is 12.2. The van der Waals surface area contributed by atoms with E-state index in [9.17, 15) is 13.6 Å². The Bertz CT molecular complexity index is 197. The number of alkyl halides is 2. The van der Waals surface area contributed by atoms with E-state index >= 15 is 0 Å². The van der Waals surface area contributed by atoms with E-state index in [4.69, 9.17) is 0 Å². The van der Waals surface area contributed by atoms with Gasteiger partial charge in [0.25, 0.3) is 5.91 Å². The molecule has 3 unspecified atom stereocenters. The van der Waals surface area contributed by atoms with Gasteiger partial charge in [-0.25, -0.2) is 8.78 Å². The molecule has 0 aromatic carbocycles. The molecule has 11 heavy (non-hydrogen) atoms. The Morgan fingerprint density at radius 1 is 1.36 bits per heavy atom. The molecule has 0 spiro atoms. The fourth-order valence-corrected chi connectivity index (χ4v) is 1.87. The van der Waals surface area contributed by atoms with E-state index in [1.807, 2.05) is 0 Å². The number of fused-ring (bicyclic) bond motifs is 1. The van der Waals surface area contributed by atoms with Crippen LogP contribution >= 0.6 is 0 Å². The summed E-state index contributed by atoms with van der Waals surface area (Å²) in [5.41, 5.74) is 0.